The highest BCUT2D eigenvalue weighted by Gasteiger charge is 2.58. The number of hydrogen-bond acceptors (Lipinski definition) is 3. The van der Waals surface area contributed by atoms with Gasteiger partial charge in [0.1, 0.15) is 0 Å². The molecule has 1 aliphatic heterocycles. The van der Waals surface area contributed by atoms with Gasteiger partial charge in [-0.25, -0.2) is 4.68 Å². The molecule has 6 nitrogen and oxygen atoms in total. The molecular weight excluding hydrogens is 350 g/mol. The molecule has 3 atom stereocenters. The number of fused-ring (bicyclic) bond motifs is 1. The first-order valence-corrected chi connectivity index (χ1v) is 10.2. The average molecular weight is 382 g/mol. The molecule has 3 unspecified atom stereocenters. The molecule has 0 radical (unpaired) electrons. The van der Waals surface area contributed by atoms with E-state index in [2.05, 4.69) is 59.5 Å². The lowest BCUT2D eigenvalue weighted by molar-refractivity contribution is -0.188. The van der Waals surface area contributed by atoms with Gasteiger partial charge in [-0.3, -0.25) is 4.99 Å². The van der Waals surface area contributed by atoms with Crippen molar-refractivity contribution in [2.24, 2.45) is 16.3 Å². The SMILES string of the molecule is CN=C(NC1C2CCCOC2C1(C)C)N(C)Cc1cnn(-c2ccccc2)c1. The van der Waals surface area contributed by atoms with Crippen LogP contribution in [0.5, 0.6) is 0 Å². The fraction of sp³-hybridized carbons (Fsp3) is 0.545. The highest BCUT2D eigenvalue weighted by molar-refractivity contribution is 5.80. The first-order valence-electron chi connectivity index (χ1n) is 10.2. The van der Waals surface area contributed by atoms with Crippen LogP contribution in [0.1, 0.15) is 32.3 Å². The summed E-state index contributed by atoms with van der Waals surface area (Å²) in [6.07, 6.45) is 6.76. The third kappa shape index (κ3) is 3.41. The first kappa shape index (κ1) is 19.0. The molecule has 2 heterocycles. The minimum Gasteiger partial charge on any atom is -0.377 e. The second kappa shape index (κ2) is 7.59. The Balaban J connectivity index is 1.41. The number of para-hydroxylation sites is 1. The van der Waals surface area contributed by atoms with Crippen LogP contribution < -0.4 is 5.32 Å². The summed E-state index contributed by atoms with van der Waals surface area (Å²) in [6.45, 7) is 6.25. The third-order valence-electron chi connectivity index (χ3n) is 6.27. The zero-order valence-corrected chi connectivity index (χ0v) is 17.3. The van der Waals surface area contributed by atoms with Crippen LogP contribution in [0.15, 0.2) is 47.7 Å². The normalized spacial score (nSPS) is 26.3. The Bertz CT molecular complexity index is 828. The Morgan fingerprint density at radius 2 is 2.14 bits per heavy atom. The minimum atomic E-state index is 0.125. The summed E-state index contributed by atoms with van der Waals surface area (Å²) in [5, 5.41) is 8.22. The second-order valence-corrected chi connectivity index (χ2v) is 8.57. The summed E-state index contributed by atoms with van der Waals surface area (Å²) >= 11 is 0. The maximum absolute atomic E-state index is 6.03. The molecule has 4 rings (SSSR count). The predicted octanol–water partition coefficient (Wildman–Crippen LogP) is 3.08. The van der Waals surface area contributed by atoms with Crippen LogP contribution in [-0.4, -0.2) is 53.5 Å². The molecule has 1 N–H and O–H groups in total. The minimum absolute atomic E-state index is 0.125. The van der Waals surface area contributed by atoms with Crippen molar-refractivity contribution < 1.29 is 4.74 Å². The molecule has 1 aromatic heterocycles. The molecule has 2 aromatic rings. The Kier molecular flexibility index (Phi) is 5.15. The molecule has 1 aromatic carbocycles. The van der Waals surface area contributed by atoms with E-state index >= 15 is 0 Å². The van der Waals surface area contributed by atoms with Crippen molar-refractivity contribution in [3.05, 3.63) is 48.3 Å². The summed E-state index contributed by atoms with van der Waals surface area (Å²) < 4.78 is 7.95. The van der Waals surface area contributed by atoms with Gasteiger partial charge in [0.2, 0.25) is 0 Å². The number of benzene rings is 1. The van der Waals surface area contributed by atoms with Crippen molar-refractivity contribution in [2.75, 3.05) is 20.7 Å². The zero-order valence-electron chi connectivity index (χ0n) is 17.3. The third-order valence-corrected chi connectivity index (χ3v) is 6.27. The molecule has 1 aliphatic carbocycles. The number of nitrogens with zero attached hydrogens (tertiary/aromatic N) is 4. The van der Waals surface area contributed by atoms with Crippen LogP contribution in [0.3, 0.4) is 0 Å². The number of nitrogens with one attached hydrogen (secondary N) is 1. The summed E-state index contributed by atoms with van der Waals surface area (Å²) in [4.78, 5) is 6.70. The van der Waals surface area contributed by atoms with Crippen molar-refractivity contribution in [2.45, 2.75) is 45.4 Å². The lowest BCUT2D eigenvalue weighted by atomic mass is 9.55. The fourth-order valence-corrected chi connectivity index (χ4v) is 4.81. The van der Waals surface area contributed by atoms with Gasteiger partial charge in [0, 0.05) is 56.4 Å². The van der Waals surface area contributed by atoms with Crippen molar-refractivity contribution in [1.82, 2.24) is 20.0 Å². The molecule has 28 heavy (non-hydrogen) atoms. The molecular formula is C22H31N5O. The molecule has 0 spiro atoms. The quantitative estimate of drug-likeness (QED) is 0.653. The van der Waals surface area contributed by atoms with E-state index in [1.54, 1.807) is 0 Å². The average Bonchev–Trinajstić information content (AvgIpc) is 3.17. The highest BCUT2D eigenvalue weighted by Crippen LogP contribution is 2.51. The van der Waals surface area contributed by atoms with Crippen LogP contribution in [0.2, 0.25) is 0 Å². The van der Waals surface area contributed by atoms with E-state index < -0.39 is 0 Å². The van der Waals surface area contributed by atoms with E-state index in [9.17, 15) is 0 Å². The van der Waals surface area contributed by atoms with E-state index in [0.717, 1.165) is 36.8 Å². The smallest absolute Gasteiger partial charge is 0.193 e. The van der Waals surface area contributed by atoms with Gasteiger partial charge in [0.25, 0.3) is 0 Å². The first-order chi connectivity index (χ1) is 13.5. The second-order valence-electron chi connectivity index (χ2n) is 8.57. The summed E-state index contributed by atoms with van der Waals surface area (Å²) in [5.74, 6) is 1.50. The number of aromatic nitrogens is 2. The van der Waals surface area contributed by atoms with Gasteiger partial charge in [-0.1, -0.05) is 32.0 Å². The Hall–Kier alpha value is -2.34. The zero-order chi connectivity index (χ0) is 19.7. The number of rotatable bonds is 4. The molecule has 2 fully saturated rings. The fourth-order valence-electron chi connectivity index (χ4n) is 4.81. The maximum Gasteiger partial charge on any atom is 0.193 e. The Morgan fingerprint density at radius 1 is 1.36 bits per heavy atom. The molecule has 150 valence electrons. The summed E-state index contributed by atoms with van der Waals surface area (Å²) in [5.41, 5.74) is 2.35. The van der Waals surface area contributed by atoms with E-state index in [1.807, 2.05) is 36.1 Å². The lowest BCUT2D eigenvalue weighted by Crippen LogP contribution is -2.71. The number of ether oxygens (including phenoxy) is 1. The van der Waals surface area contributed by atoms with Crippen LogP contribution in [0, 0.1) is 11.3 Å². The lowest BCUT2D eigenvalue weighted by Gasteiger charge is -2.60. The van der Waals surface area contributed by atoms with E-state index in [-0.39, 0.29) is 5.41 Å². The van der Waals surface area contributed by atoms with Gasteiger partial charge in [0.05, 0.1) is 18.0 Å². The number of guanidine groups is 1. The van der Waals surface area contributed by atoms with Crippen LogP contribution in [0.25, 0.3) is 5.69 Å². The predicted molar refractivity (Wildman–Crippen MR) is 112 cm³/mol. The van der Waals surface area contributed by atoms with Crippen molar-refractivity contribution in [3.8, 4) is 5.69 Å². The molecule has 2 aliphatic rings. The van der Waals surface area contributed by atoms with Gasteiger partial charge in [0.15, 0.2) is 5.96 Å². The molecule has 6 heteroatoms. The van der Waals surface area contributed by atoms with Gasteiger partial charge in [-0.05, 0) is 25.0 Å². The van der Waals surface area contributed by atoms with Crippen molar-refractivity contribution >= 4 is 5.96 Å². The van der Waals surface area contributed by atoms with Crippen molar-refractivity contribution in [3.63, 3.8) is 0 Å². The van der Waals surface area contributed by atoms with Gasteiger partial charge in [-0.15, -0.1) is 0 Å². The number of hydrogen-bond donors (Lipinski definition) is 1. The maximum atomic E-state index is 6.03. The monoisotopic (exact) mass is 381 g/mol. The Labute approximate surface area is 167 Å². The van der Waals surface area contributed by atoms with Crippen LogP contribution in [-0.2, 0) is 11.3 Å². The molecule has 1 saturated heterocycles. The molecule has 0 amide bonds. The van der Waals surface area contributed by atoms with Crippen LogP contribution >= 0.6 is 0 Å². The molecule has 0 bridgehead atoms. The molecule has 1 saturated carbocycles. The van der Waals surface area contributed by atoms with Gasteiger partial charge >= 0.3 is 0 Å². The van der Waals surface area contributed by atoms with Gasteiger partial charge in [-0.2, -0.15) is 5.10 Å². The number of aliphatic imine (C=N–C) groups is 1. The van der Waals surface area contributed by atoms with E-state index in [4.69, 9.17) is 4.74 Å². The summed E-state index contributed by atoms with van der Waals surface area (Å²) in [7, 11) is 3.93. The van der Waals surface area contributed by atoms with Crippen molar-refractivity contribution in [1.29, 1.82) is 0 Å². The topological polar surface area (TPSA) is 54.7 Å². The van der Waals surface area contributed by atoms with E-state index in [0.29, 0.717) is 18.1 Å². The van der Waals surface area contributed by atoms with Crippen LogP contribution in [0.4, 0.5) is 0 Å². The van der Waals surface area contributed by atoms with E-state index in [1.165, 1.54) is 6.42 Å². The standard InChI is InChI=1S/C22H31N5O/c1-22(2)19(18-11-8-12-28-20(18)22)25-21(23-3)26(4)14-16-13-24-27(15-16)17-9-6-5-7-10-17/h5-7,9-10,13,15,18-20H,8,11-12,14H2,1-4H3,(H,23,25). The summed E-state index contributed by atoms with van der Waals surface area (Å²) in [6, 6.07) is 10.6. The highest BCUT2D eigenvalue weighted by atomic mass is 16.5. The van der Waals surface area contributed by atoms with Gasteiger partial charge < -0.3 is 15.0 Å². The largest absolute Gasteiger partial charge is 0.377 e. The Morgan fingerprint density at radius 3 is 2.89 bits per heavy atom.